The first-order chi connectivity index (χ1) is 9.63. The monoisotopic (exact) mass is 287 g/mol. The highest BCUT2D eigenvalue weighted by Gasteiger charge is 2.14. The first kappa shape index (κ1) is 12.6. The topological polar surface area (TPSA) is 87.9 Å². The van der Waals surface area contributed by atoms with Gasteiger partial charge in [-0.25, -0.2) is 9.97 Å². The summed E-state index contributed by atoms with van der Waals surface area (Å²) < 4.78 is 0.916. The number of nitrogens with zero attached hydrogens (tertiary/aromatic N) is 3. The van der Waals surface area contributed by atoms with Crippen molar-refractivity contribution in [1.29, 1.82) is 0 Å². The molecule has 2 aromatic heterocycles. The van der Waals surface area contributed by atoms with Gasteiger partial charge in [0.1, 0.15) is 5.82 Å². The summed E-state index contributed by atoms with van der Waals surface area (Å²) in [4.78, 5) is 25.2. The Morgan fingerprint density at radius 3 is 3.10 bits per heavy atom. The van der Waals surface area contributed by atoms with E-state index in [0.29, 0.717) is 17.2 Å². The molecule has 3 rings (SSSR count). The van der Waals surface area contributed by atoms with Gasteiger partial charge in [0.05, 0.1) is 16.8 Å². The van der Waals surface area contributed by atoms with Gasteiger partial charge in [-0.2, -0.15) is 0 Å². The molecule has 20 heavy (non-hydrogen) atoms. The Morgan fingerprint density at radius 2 is 2.35 bits per heavy atom. The van der Waals surface area contributed by atoms with E-state index in [1.54, 1.807) is 30.4 Å². The Morgan fingerprint density at radius 1 is 1.50 bits per heavy atom. The lowest BCUT2D eigenvalue weighted by Crippen LogP contribution is -2.26. The first-order valence-corrected chi connectivity index (χ1v) is 6.85. The van der Waals surface area contributed by atoms with E-state index in [-0.39, 0.29) is 5.91 Å². The number of hydrogen-bond donors (Lipinski definition) is 2. The minimum Gasteiger partial charge on any atom is -0.375 e. The van der Waals surface area contributed by atoms with Gasteiger partial charge in [-0.15, -0.1) is 0 Å². The average molecular weight is 287 g/mol. The lowest BCUT2D eigenvalue weighted by molar-refractivity contribution is 0.0782. The van der Waals surface area contributed by atoms with E-state index in [1.165, 1.54) is 11.3 Å². The average Bonchev–Trinajstić information content (AvgIpc) is 3.04. The molecular formula is C13H13N5OS. The predicted molar refractivity (Wildman–Crippen MR) is 78.4 cm³/mol. The van der Waals surface area contributed by atoms with Gasteiger partial charge in [0.2, 0.25) is 0 Å². The van der Waals surface area contributed by atoms with Crippen molar-refractivity contribution < 1.29 is 4.79 Å². The molecule has 0 saturated heterocycles. The second-order valence-electron chi connectivity index (χ2n) is 4.43. The molecule has 0 radical (unpaired) electrons. The fourth-order valence-corrected chi connectivity index (χ4v) is 2.75. The number of imidazole rings is 1. The van der Waals surface area contributed by atoms with Crippen LogP contribution in [0, 0.1) is 0 Å². The van der Waals surface area contributed by atoms with Crippen molar-refractivity contribution in [3.05, 3.63) is 42.0 Å². The highest BCUT2D eigenvalue weighted by Crippen LogP contribution is 2.25. The Kier molecular flexibility index (Phi) is 3.11. The predicted octanol–water partition coefficient (Wildman–Crippen LogP) is 1.87. The number of rotatable bonds is 3. The van der Waals surface area contributed by atoms with Crippen molar-refractivity contribution in [3.8, 4) is 0 Å². The van der Waals surface area contributed by atoms with E-state index >= 15 is 0 Å². The third-order valence-corrected chi connectivity index (χ3v) is 3.79. The number of hydrogen-bond acceptors (Lipinski definition) is 5. The van der Waals surface area contributed by atoms with Crippen LogP contribution in [-0.2, 0) is 6.54 Å². The molecule has 6 nitrogen and oxygen atoms in total. The Hall–Kier alpha value is -2.41. The molecule has 102 valence electrons. The SMILES string of the molecule is CN(Cc1ncc[nH]1)C(=O)c1ccc2nc(N)sc2c1. The lowest BCUT2D eigenvalue weighted by atomic mass is 10.2. The zero-order valence-electron chi connectivity index (χ0n) is 10.8. The number of nitrogens with one attached hydrogen (secondary N) is 1. The van der Waals surface area contributed by atoms with E-state index in [0.717, 1.165) is 16.0 Å². The second-order valence-corrected chi connectivity index (χ2v) is 5.49. The molecule has 0 spiro atoms. The molecule has 0 saturated carbocycles. The van der Waals surface area contributed by atoms with Gasteiger partial charge in [-0.3, -0.25) is 4.79 Å². The number of benzene rings is 1. The van der Waals surface area contributed by atoms with Crippen LogP contribution in [0.15, 0.2) is 30.6 Å². The summed E-state index contributed by atoms with van der Waals surface area (Å²) in [5.41, 5.74) is 7.10. The molecule has 2 heterocycles. The lowest BCUT2D eigenvalue weighted by Gasteiger charge is -2.15. The summed E-state index contributed by atoms with van der Waals surface area (Å²) in [6, 6.07) is 5.41. The number of fused-ring (bicyclic) bond motifs is 1. The number of nitrogen functional groups attached to an aromatic ring is 1. The van der Waals surface area contributed by atoms with Crippen LogP contribution in [0.1, 0.15) is 16.2 Å². The Labute approximate surface area is 119 Å². The number of carbonyl (C=O) groups excluding carboxylic acids is 1. The van der Waals surface area contributed by atoms with E-state index in [1.807, 2.05) is 12.1 Å². The number of amides is 1. The number of anilines is 1. The van der Waals surface area contributed by atoms with Gasteiger partial charge in [0.25, 0.3) is 5.91 Å². The first-order valence-electron chi connectivity index (χ1n) is 6.03. The van der Waals surface area contributed by atoms with Crippen molar-refractivity contribution in [3.63, 3.8) is 0 Å². The molecule has 3 N–H and O–H groups in total. The maximum Gasteiger partial charge on any atom is 0.254 e. The van der Waals surface area contributed by atoms with E-state index < -0.39 is 0 Å². The Bertz CT molecular complexity index is 749. The minimum absolute atomic E-state index is 0.0599. The molecular weight excluding hydrogens is 274 g/mol. The summed E-state index contributed by atoms with van der Waals surface area (Å²) in [5, 5.41) is 0.508. The molecule has 0 unspecified atom stereocenters. The Balaban J connectivity index is 1.83. The van der Waals surface area contributed by atoms with Crippen LogP contribution in [0.5, 0.6) is 0 Å². The van der Waals surface area contributed by atoms with Gasteiger partial charge in [-0.1, -0.05) is 11.3 Å². The third-order valence-electron chi connectivity index (χ3n) is 2.94. The number of aromatic nitrogens is 3. The molecule has 0 atom stereocenters. The maximum atomic E-state index is 12.4. The summed E-state index contributed by atoms with van der Waals surface area (Å²) in [7, 11) is 1.75. The largest absolute Gasteiger partial charge is 0.375 e. The van der Waals surface area contributed by atoms with E-state index in [2.05, 4.69) is 15.0 Å². The highest BCUT2D eigenvalue weighted by atomic mass is 32.1. The van der Waals surface area contributed by atoms with Crippen LogP contribution >= 0.6 is 11.3 Å². The van der Waals surface area contributed by atoms with Crippen LogP contribution in [0.2, 0.25) is 0 Å². The molecule has 0 aliphatic rings. The fraction of sp³-hybridized carbons (Fsp3) is 0.154. The summed E-state index contributed by atoms with van der Waals surface area (Å²) in [5.74, 6) is 0.694. The van der Waals surface area contributed by atoms with Crippen LogP contribution < -0.4 is 5.73 Å². The number of nitrogens with two attached hydrogens (primary N) is 1. The van der Waals surface area contributed by atoms with Crippen LogP contribution in [0.25, 0.3) is 10.2 Å². The van der Waals surface area contributed by atoms with Gasteiger partial charge in [0, 0.05) is 25.0 Å². The zero-order valence-corrected chi connectivity index (χ0v) is 11.6. The maximum absolute atomic E-state index is 12.4. The summed E-state index contributed by atoms with van der Waals surface area (Å²) in [6.45, 7) is 0.439. The number of H-pyrrole nitrogens is 1. The third kappa shape index (κ3) is 2.35. The fourth-order valence-electron chi connectivity index (χ4n) is 1.98. The van der Waals surface area contributed by atoms with Gasteiger partial charge in [0.15, 0.2) is 5.13 Å². The van der Waals surface area contributed by atoms with Crippen LogP contribution in [-0.4, -0.2) is 32.8 Å². The van der Waals surface area contributed by atoms with Gasteiger partial charge < -0.3 is 15.6 Å². The van der Waals surface area contributed by atoms with Gasteiger partial charge in [-0.05, 0) is 18.2 Å². The van der Waals surface area contributed by atoms with E-state index in [9.17, 15) is 4.79 Å². The van der Waals surface area contributed by atoms with Crippen LogP contribution in [0.4, 0.5) is 5.13 Å². The van der Waals surface area contributed by atoms with Crippen LogP contribution in [0.3, 0.4) is 0 Å². The minimum atomic E-state index is -0.0599. The highest BCUT2D eigenvalue weighted by molar-refractivity contribution is 7.22. The zero-order chi connectivity index (χ0) is 14.1. The van der Waals surface area contributed by atoms with Crippen molar-refractivity contribution in [2.75, 3.05) is 12.8 Å². The van der Waals surface area contributed by atoms with E-state index in [4.69, 9.17) is 5.73 Å². The van der Waals surface area contributed by atoms with Crippen molar-refractivity contribution in [1.82, 2.24) is 19.9 Å². The van der Waals surface area contributed by atoms with Gasteiger partial charge >= 0.3 is 0 Å². The molecule has 7 heteroatoms. The second kappa shape index (κ2) is 4.93. The molecule has 0 bridgehead atoms. The molecule has 0 aliphatic carbocycles. The number of carbonyl (C=O) groups is 1. The molecule has 0 aliphatic heterocycles. The number of aromatic amines is 1. The normalized spacial score (nSPS) is 10.8. The quantitative estimate of drug-likeness (QED) is 0.769. The number of thiazole rings is 1. The summed E-state index contributed by atoms with van der Waals surface area (Å²) in [6.07, 6.45) is 3.40. The standard InChI is InChI=1S/C13H13N5OS/c1-18(7-11-15-4-5-16-11)12(19)8-2-3-9-10(6-8)20-13(14)17-9/h2-6H,7H2,1H3,(H2,14,17)(H,15,16). The smallest absolute Gasteiger partial charge is 0.254 e. The molecule has 3 aromatic rings. The van der Waals surface area contributed by atoms with Crippen molar-refractivity contribution in [2.24, 2.45) is 0 Å². The summed E-state index contributed by atoms with van der Waals surface area (Å²) >= 11 is 1.38. The molecule has 1 amide bonds. The molecule has 0 fully saturated rings. The van der Waals surface area contributed by atoms with Crippen molar-refractivity contribution >= 4 is 32.6 Å². The molecule has 1 aromatic carbocycles. The van der Waals surface area contributed by atoms with Crippen molar-refractivity contribution in [2.45, 2.75) is 6.54 Å².